The molecule has 1 fully saturated rings. The summed E-state index contributed by atoms with van der Waals surface area (Å²) in [6.07, 6.45) is 0. The summed E-state index contributed by atoms with van der Waals surface area (Å²) in [6.45, 7) is 6.64. The molecule has 1 saturated heterocycles. The number of hydrogen-bond acceptors (Lipinski definition) is 6. The molecular weight excluding hydrogens is 384 g/mol. The molecule has 3 N–H and O–H groups in total. The molecule has 0 aliphatic carbocycles. The highest BCUT2D eigenvalue weighted by Gasteiger charge is 2.29. The highest BCUT2D eigenvalue weighted by atomic mass is 32.2. The summed E-state index contributed by atoms with van der Waals surface area (Å²) in [5.74, 6) is 1.31. The van der Waals surface area contributed by atoms with E-state index in [9.17, 15) is 9.90 Å². The maximum absolute atomic E-state index is 12.6. The third-order valence-corrected chi connectivity index (χ3v) is 6.53. The predicted molar refractivity (Wildman–Crippen MR) is 116 cm³/mol. The summed E-state index contributed by atoms with van der Waals surface area (Å²) in [4.78, 5) is 23.7. The van der Waals surface area contributed by atoms with Gasteiger partial charge in [-0.2, -0.15) is 0 Å². The molecule has 1 amide bonds. The molecule has 152 valence electrons. The van der Waals surface area contributed by atoms with Crippen LogP contribution in [-0.4, -0.2) is 58.9 Å². The molecule has 2 aliphatic rings. The number of phenols is 1. The highest BCUT2D eigenvalue weighted by molar-refractivity contribution is 7.99. The van der Waals surface area contributed by atoms with Crippen LogP contribution in [-0.2, 0) is 4.79 Å². The Kier molecular flexibility index (Phi) is 5.52. The van der Waals surface area contributed by atoms with Gasteiger partial charge in [-0.05, 0) is 30.2 Å². The zero-order chi connectivity index (χ0) is 20.5. The molecule has 0 radical (unpaired) electrons. The number of amides is 1. The summed E-state index contributed by atoms with van der Waals surface area (Å²) in [6, 6.07) is 13.0. The Hall–Kier alpha value is -2.51. The van der Waals surface area contributed by atoms with Crippen LogP contribution >= 0.6 is 11.8 Å². The molecule has 4 rings (SSSR count). The average Bonchev–Trinajstić information content (AvgIpc) is 2.89. The lowest BCUT2D eigenvalue weighted by Gasteiger charge is -2.38. The fourth-order valence-corrected chi connectivity index (χ4v) is 4.64. The standard InChI is InChI=1S/C22H26N4O2S/c1-14(2)20(23)22(28)26-11-9-25(10-12-26)21-16-5-3-4-6-18(16)29-19-13-15(27)7-8-17(19)24-21/h3-8,13-14,20,27H,9-12,23H2,1-2H3. The van der Waals surface area contributed by atoms with E-state index in [2.05, 4.69) is 17.0 Å². The van der Waals surface area contributed by atoms with Crippen LogP contribution in [0.25, 0.3) is 0 Å². The van der Waals surface area contributed by atoms with Crippen molar-refractivity contribution in [2.45, 2.75) is 29.7 Å². The molecule has 2 aromatic carbocycles. The summed E-state index contributed by atoms with van der Waals surface area (Å²) < 4.78 is 0. The SMILES string of the molecule is CC(C)C(N)C(=O)N1CCN(C2=Nc3ccc(O)cc3Sc3ccccc32)CC1. The lowest BCUT2D eigenvalue weighted by molar-refractivity contribution is -0.134. The van der Waals surface area contributed by atoms with Gasteiger partial charge < -0.3 is 20.6 Å². The lowest BCUT2D eigenvalue weighted by Crippen LogP contribution is -2.55. The van der Waals surface area contributed by atoms with Gasteiger partial charge in [-0.3, -0.25) is 4.79 Å². The first-order chi connectivity index (χ1) is 13.9. The van der Waals surface area contributed by atoms with Crippen LogP contribution in [0, 0.1) is 5.92 Å². The third kappa shape index (κ3) is 3.97. The van der Waals surface area contributed by atoms with Crippen molar-refractivity contribution in [2.75, 3.05) is 26.2 Å². The average molecular weight is 411 g/mol. The number of amidine groups is 1. The van der Waals surface area contributed by atoms with Crippen LogP contribution in [0.1, 0.15) is 19.4 Å². The number of hydrogen-bond donors (Lipinski definition) is 2. The second kappa shape index (κ2) is 8.08. The van der Waals surface area contributed by atoms with E-state index in [1.807, 2.05) is 36.9 Å². The zero-order valence-corrected chi connectivity index (χ0v) is 17.5. The minimum absolute atomic E-state index is 0.0271. The minimum atomic E-state index is -0.451. The first-order valence-corrected chi connectivity index (χ1v) is 10.7. The number of rotatable bonds is 2. The molecule has 0 aromatic heterocycles. The summed E-state index contributed by atoms with van der Waals surface area (Å²) >= 11 is 1.62. The second-order valence-electron chi connectivity index (χ2n) is 7.77. The van der Waals surface area contributed by atoms with Crippen molar-refractivity contribution in [3.63, 3.8) is 0 Å². The Balaban J connectivity index is 1.61. The molecule has 6 nitrogen and oxygen atoms in total. The number of nitrogens with two attached hydrogens (primary N) is 1. The first kappa shape index (κ1) is 19.8. The van der Waals surface area contributed by atoms with E-state index in [-0.39, 0.29) is 17.6 Å². The van der Waals surface area contributed by atoms with E-state index in [1.54, 1.807) is 23.9 Å². The molecule has 7 heteroatoms. The van der Waals surface area contributed by atoms with E-state index >= 15 is 0 Å². The van der Waals surface area contributed by atoms with Gasteiger partial charge >= 0.3 is 0 Å². The van der Waals surface area contributed by atoms with Crippen LogP contribution < -0.4 is 5.73 Å². The maximum Gasteiger partial charge on any atom is 0.239 e. The number of aromatic hydroxyl groups is 1. The van der Waals surface area contributed by atoms with Gasteiger partial charge in [0.25, 0.3) is 0 Å². The summed E-state index contributed by atoms with van der Waals surface area (Å²) in [5, 5.41) is 9.89. The molecular formula is C22H26N4O2S. The fourth-order valence-electron chi connectivity index (χ4n) is 3.59. The van der Waals surface area contributed by atoms with Crippen molar-refractivity contribution < 1.29 is 9.90 Å². The molecule has 2 aliphatic heterocycles. The number of nitrogens with zero attached hydrogens (tertiary/aromatic N) is 3. The van der Waals surface area contributed by atoms with Gasteiger partial charge in [0.15, 0.2) is 0 Å². The number of piperazine rings is 1. The summed E-state index contributed by atoms with van der Waals surface area (Å²) in [7, 11) is 0. The van der Waals surface area contributed by atoms with E-state index < -0.39 is 6.04 Å². The smallest absolute Gasteiger partial charge is 0.239 e. The topological polar surface area (TPSA) is 82.2 Å². The van der Waals surface area contributed by atoms with Gasteiger partial charge in [-0.25, -0.2) is 4.99 Å². The van der Waals surface area contributed by atoms with E-state index in [1.165, 1.54) is 0 Å². The highest BCUT2D eigenvalue weighted by Crippen LogP contribution is 2.42. The largest absolute Gasteiger partial charge is 0.508 e. The van der Waals surface area contributed by atoms with Gasteiger partial charge in [0, 0.05) is 41.5 Å². The number of carbonyl (C=O) groups is 1. The lowest BCUT2D eigenvalue weighted by atomic mass is 10.0. The molecule has 2 aromatic rings. The van der Waals surface area contributed by atoms with E-state index in [4.69, 9.17) is 10.7 Å². The van der Waals surface area contributed by atoms with Gasteiger partial charge in [-0.15, -0.1) is 0 Å². The van der Waals surface area contributed by atoms with Crippen LogP contribution in [0.4, 0.5) is 5.69 Å². The molecule has 0 bridgehead atoms. The molecule has 0 spiro atoms. The molecule has 1 unspecified atom stereocenters. The van der Waals surface area contributed by atoms with Crippen LogP contribution in [0.3, 0.4) is 0 Å². The van der Waals surface area contributed by atoms with Crippen molar-refractivity contribution >= 4 is 29.2 Å². The van der Waals surface area contributed by atoms with Gasteiger partial charge in [0.1, 0.15) is 11.6 Å². The van der Waals surface area contributed by atoms with Crippen LogP contribution in [0.5, 0.6) is 5.75 Å². The maximum atomic E-state index is 12.6. The molecule has 1 atom stereocenters. The predicted octanol–water partition coefficient (Wildman–Crippen LogP) is 3.06. The molecule has 2 heterocycles. The zero-order valence-electron chi connectivity index (χ0n) is 16.7. The Labute approximate surface area is 175 Å². The minimum Gasteiger partial charge on any atom is -0.508 e. The number of benzene rings is 2. The van der Waals surface area contributed by atoms with Crippen molar-refractivity contribution in [2.24, 2.45) is 16.6 Å². The van der Waals surface area contributed by atoms with Crippen molar-refractivity contribution in [3.8, 4) is 5.75 Å². The Morgan fingerprint density at radius 2 is 1.83 bits per heavy atom. The van der Waals surface area contributed by atoms with Gasteiger partial charge in [-0.1, -0.05) is 43.8 Å². The van der Waals surface area contributed by atoms with Gasteiger partial charge in [0.05, 0.1) is 11.7 Å². The first-order valence-electron chi connectivity index (χ1n) is 9.92. The number of aliphatic imine (C=N–C) groups is 1. The van der Waals surface area contributed by atoms with E-state index in [0.29, 0.717) is 26.2 Å². The second-order valence-corrected chi connectivity index (χ2v) is 8.85. The van der Waals surface area contributed by atoms with E-state index in [0.717, 1.165) is 26.9 Å². The van der Waals surface area contributed by atoms with Crippen LogP contribution in [0.2, 0.25) is 0 Å². The number of fused-ring (bicyclic) bond motifs is 2. The quantitative estimate of drug-likeness (QED) is 0.795. The summed E-state index contributed by atoms with van der Waals surface area (Å²) in [5.41, 5.74) is 7.99. The van der Waals surface area contributed by atoms with Crippen LogP contribution in [0.15, 0.2) is 57.2 Å². The Morgan fingerprint density at radius 3 is 2.55 bits per heavy atom. The van der Waals surface area contributed by atoms with Crippen molar-refractivity contribution in [1.82, 2.24) is 9.80 Å². The molecule has 0 saturated carbocycles. The van der Waals surface area contributed by atoms with Gasteiger partial charge in [0.2, 0.25) is 5.91 Å². The Bertz CT molecular complexity index is 952. The monoisotopic (exact) mass is 410 g/mol. The fraction of sp³-hybridized carbons (Fsp3) is 0.364. The third-order valence-electron chi connectivity index (χ3n) is 5.41. The Morgan fingerprint density at radius 1 is 1.10 bits per heavy atom. The van der Waals surface area contributed by atoms with Crippen molar-refractivity contribution in [1.29, 1.82) is 0 Å². The molecule has 29 heavy (non-hydrogen) atoms. The number of phenolic OH excluding ortho intramolecular Hbond substituents is 1. The van der Waals surface area contributed by atoms with Crippen molar-refractivity contribution in [3.05, 3.63) is 48.0 Å². The number of carbonyl (C=O) groups excluding carboxylic acids is 1. The normalized spacial score (nSPS) is 17.3.